The van der Waals surface area contributed by atoms with E-state index in [9.17, 15) is 9.59 Å². The quantitative estimate of drug-likeness (QED) is 0.764. The molecule has 0 aliphatic heterocycles. The van der Waals surface area contributed by atoms with Crippen LogP contribution in [-0.4, -0.2) is 34.0 Å². The number of aromatic amines is 1. The number of H-pyrrole nitrogens is 1. The summed E-state index contributed by atoms with van der Waals surface area (Å²) < 4.78 is 5.10. The van der Waals surface area contributed by atoms with E-state index in [1.54, 1.807) is 27.0 Å². The highest BCUT2D eigenvalue weighted by Gasteiger charge is 2.16. The molecular weight excluding hydrogens is 222 g/mol. The fourth-order valence-electron chi connectivity index (χ4n) is 1.14. The summed E-state index contributed by atoms with van der Waals surface area (Å²) in [5, 5.41) is 2.57. The number of ether oxygens (including phenoxy) is 1. The molecule has 1 amide bonds. The Balaban J connectivity index is 2.24. The Kier molecular flexibility index (Phi) is 4.25. The van der Waals surface area contributed by atoms with Crippen molar-refractivity contribution in [3.8, 4) is 0 Å². The monoisotopic (exact) mass is 239 g/mol. The molecule has 6 heteroatoms. The molecule has 94 valence electrons. The molecule has 0 fully saturated rings. The van der Waals surface area contributed by atoms with Crippen LogP contribution in [0.2, 0.25) is 0 Å². The van der Waals surface area contributed by atoms with Gasteiger partial charge in [-0.15, -0.1) is 0 Å². The standard InChI is InChI=1S/C11H17N3O3/c1-11(2,3)17-8(15)4-5-14-10(16)9-12-6-7-13-9/h6-7H,4-5H2,1-3H3,(H,12,13)(H,14,16). The van der Waals surface area contributed by atoms with E-state index < -0.39 is 5.60 Å². The molecular formula is C11H17N3O3. The smallest absolute Gasteiger partial charge is 0.308 e. The van der Waals surface area contributed by atoms with Crippen LogP contribution in [0.25, 0.3) is 0 Å². The van der Waals surface area contributed by atoms with Gasteiger partial charge < -0.3 is 15.0 Å². The van der Waals surface area contributed by atoms with Gasteiger partial charge >= 0.3 is 5.97 Å². The third-order valence-corrected chi connectivity index (χ3v) is 1.75. The number of rotatable bonds is 4. The zero-order valence-electron chi connectivity index (χ0n) is 10.2. The van der Waals surface area contributed by atoms with Crippen molar-refractivity contribution in [2.24, 2.45) is 0 Å². The third kappa shape index (κ3) is 5.14. The highest BCUT2D eigenvalue weighted by Crippen LogP contribution is 2.07. The van der Waals surface area contributed by atoms with Crippen molar-refractivity contribution in [1.82, 2.24) is 15.3 Å². The Morgan fingerprint density at radius 1 is 1.47 bits per heavy atom. The molecule has 0 atom stereocenters. The van der Waals surface area contributed by atoms with Gasteiger partial charge in [-0.3, -0.25) is 9.59 Å². The van der Waals surface area contributed by atoms with E-state index in [2.05, 4.69) is 15.3 Å². The summed E-state index contributed by atoms with van der Waals surface area (Å²) in [5.41, 5.74) is -0.498. The SMILES string of the molecule is CC(C)(C)OC(=O)CCNC(=O)c1ncc[nH]1. The van der Waals surface area contributed by atoms with Crippen LogP contribution in [0.3, 0.4) is 0 Å². The first-order chi connectivity index (χ1) is 7.88. The summed E-state index contributed by atoms with van der Waals surface area (Å²) in [6.07, 6.45) is 3.19. The molecule has 0 saturated carbocycles. The van der Waals surface area contributed by atoms with Gasteiger partial charge in [-0.05, 0) is 20.8 Å². The van der Waals surface area contributed by atoms with Gasteiger partial charge in [0.2, 0.25) is 0 Å². The summed E-state index contributed by atoms with van der Waals surface area (Å²) in [6.45, 7) is 5.62. The Hall–Kier alpha value is -1.85. The lowest BCUT2D eigenvalue weighted by Gasteiger charge is -2.19. The molecule has 0 aromatic carbocycles. The Morgan fingerprint density at radius 2 is 2.18 bits per heavy atom. The molecule has 17 heavy (non-hydrogen) atoms. The second-order valence-electron chi connectivity index (χ2n) is 4.53. The molecule has 0 unspecified atom stereocenters. The molecule has 1 rings (SSSR count). The molecule has 6 nitrogen and oxygen atoms in total. The molecule has 1 aromatic rings. The number of carbonyl (C=O) groups excluding carboxylic acids is 2. The minimum Gasteiger partial charge on any atom is -0.460 e. The molecule has 1 heterocycles. The number of nitrogens with zero attached hydrogens (tertiary/aromatic N) is 1. The number of aromatic nitrogens is 2. The van der Waals surface area contributed by atoms with Crippen molar-refractivity contribution in [3.63, 3.8) is 0 Å². The van der Waals surface area contributed by atoms with Gasteiger partial charge in [-0.25, -0.2) is 4.98 Å². The molecule has 0 bridgehead atoms. The maximum Gasteiger partial charge on any atom is 0.308 e. The summed E-state index contributed by atoms with van der Waals surface area (Å²) in [7, 11) is 0. The predicted molar refractivity (Wildman–Crippen MR) is 61.4 cm³/mol. The largest absolute Gasteiger partial charge is 0.460 e. The summed E-state index contributed by atoms with van der Waals surface area (Å²) >= 11 is 0. The minimum absolute atomic E-state index is 0.143. The van der Waals surface area contributed by atoms with Gasteiger partial charge in [0.15, 0.2) is 5.82 Å². The van der Waals surface area contributed by atoms with Crippen LogP contribution in [0.15, 0.2) is 12.4 Å². The van der Waals surface area contributed by atoms with Crippen LogP contribution in [0, 0.1) is 0 Å². The van der Waals surface area contributed by atoms with Crippen molar-refractivity contribution in [2.45, 2.75) is 32.8 Å². The van der Waals surface area contributed by atoms with E-state index in [0.717, 1.165) is 0 Å². The van der Waals surface area contributed by atoms with E-state index in [0.29, 0.717) is 0 Å². The normalized spacial score (nSPS) is 11.0. The summed E-state index contributed by atoms with van der Waals surface area (Å²) in [5.74, 6) is -0.440. The van der Waals surface area contributed by atoms with E-state index in [-0.39, 0.29) is 30.7 Å². The number of carbonyl (C=O) groups is 2. The average molecular weight is 239 g/mol. The van der Waals surface area contributed by atoms with Crippen LogP contribution in [0.5, 0.6) is 0 Å². The zero-order chi connectivity index (χ0) is 12.9. The number of esters is 1. The fourth-order valence-corrected chi connectivity index (χ4v) is 1.14. The lowest BCUT2D eigenvalue weighted by Crippen LogP contribution is -2.30. The lowest BCUT2D eigenvalue weighted by atomic mass is 10.2. The lowest BCUT2D eigenvalue weighted by molar-refractivity contribution is -0.154. The van der Waals surface area contributed by atoms with Crippen molar-refractivity contribution < 1.29 is 14.3 Å². The van der Waals surface area contributed by atoms with Gasteiger partial charge in [0.05, 0.1) is 6.42 Å². The Labute approximate surface area is 99.8 Å². The number of hydrogen-bond acceptors (Lipinski definition) is 4. The zero-order valence-corrected chi connectivity index (χ0v) is 10.2. The second-order valence-corrected chi connectivity index (χ2v) is 4.53. The second kappa shape index (κ2) is 5.47. The van der Waals surface area contributed by atoms with E-state index >= 15 is 0 Å². The fraction of sp³-hybridized carbons (Fsp3) is 0.545. The van der Waals surface area contributed by atoms with Crippen molar-refractivity contribution in [3.05, 3.63) is 18.2 Å². The van der Waals surface area contributed by atoms with Crippen LogP contribution in [0.1, 0.15) is 37.8 Å². The molecule has 0 radical (unpaired) electrons. The summed E-state index contributed by atoms with van der Waals surface area (Å²) in [6, 6.07) is 0. The van der Waals surface area contributed by atoms with Crippen molar-refractivity contribution in [2.75, 3.05) is 6.54 Å². The van der Waals surface area contributed by atoms with Crippen LogP contribution in [-0.2, 0) is 9.53 Å². The first kappa shape index (κ1) is 13.2. The minimum atomic E-state index is -0.498. The summed E-state index contributed by atoms with van der Waals surface area (Å²) in [4.78, 5) is 29.2. The Morgan fingerprint density at radius 3 is 2.71 bits per heavy atom. The molecule has 0 aliphatic rings. The van der Waals surface area contributed by atoms with Gasteiger partial charge in [0, 0.05) is 18.9 Å². The van der Waals surface area contributed by atoms with Gasteiger partial charge in [0.25, 0.3) is 5.91 Å². The number of imidazole rings is 1. The van der Waals surface area contributed by atoms with Gasteiger partial charge in [0.1, 0.15) is 5.60 Å². The van der Waals surface area contributed by atoms with Gasteiger partial charge in [-0.2, -0.15) is 0 Å². The predicted octanol–water partition coefficient (Wildman–Crippen LogP) is 0.871. The van der Waals surface area contributed by atoms with Crippen molar-refractivity contribution >= 4 is 11.9 Å². The maximum atomic E-state index is 11.4. The van der Waals surface area contributed by atoms with E-state index in [1.807, 2.05) is 0 Å². The number of nitrogens with one attached hydrogen (secondary N) is 2. The number of amides is 1. The molecule has 1 aromatic heterocycles. The highest BCUT2D eigenvalue weighted by molar-refractivity contribution is 5.90. The van der Waals surface area contributed by atoms with E-state index in [1.165, 1.54) is 6.20 Å². The molecule has 2 N–H and O–H groups in total. The first-order valence-corrected chi connectivity index (χ1v) is 5.38. The van der Waals surface area contributed by atoms with Crippen LogP contribution >= 0.6 is 0 Å². The molecule has 0 saturated heterocycles. The number of hydrogen-bond donors (Lipinski definition) is 2. The van der Waals surface area contributed by atoms with E-state index in [4.69, 9.17) is 4.74 Å². The van der Waals surface area contributed by atoms with Gasteiger partial charge in [-0.1, -0.05) is 0 Å². The highest BCUT2D eigenvalue weighted by atomic mass is 16.6. The topological polar surface area (TPSA) is 84.1 Å². The van der Waals surface area contributed by atoms with Crippen molar-refractivity contribution in [1.29, 1.82) is 0 Å². The molecule has 0 spiro atoms. The first-order valence-electron chi connectivity index (χ1n) is 5.38. The Bertz CT molecular complexity index is 379. The van der Waals surface area contributed by atoms with Crippen LogP contribution < -0.4 is 5.32 Å². The maximum absolute atomic E-state index is 11.4. The molecule has 0 aliphatic carbocycles. The average Bonchev–Trinajstić information content (AvgIpc) is 2.66. The van der Waals surface area contributed by atoms with Crippen LogP contribution in [0.4, 0.5) is 0 Å². The third-order valence-electron chi connectivity index (χ3n) is 1.75.